The lowest BCUT2D eigenvalue weighted by atomic mass is 10.1. The van der Waals surface area contributed by atoms with Gasteiger partial charge in [-0.05, 0) is 45.3 Å². The lowest BCUT2D eigenvalue weighted by molar-refractivity contribution is 0.387. The Labute approximate surface area is 148 Å². The third kappa shape index (κ3) is 4.62. The molecule has 24 heavy (non-hydrogen) atoms. The fourth-order valence-corrected chi connectivity index (χ4v) is 3.64. The van der Waals surface area contributed by atoms with Gasteiger partial charge in [0.1, 0.15) is 11.6 Å². The molecule has 0 saturated heterocycles. The molecule has 2 aromatic rings. The average molecular weight is 343 g/mol. The topological polar surface area (TPSA) is 49.0 Å². The summed E-state index contributed by atoms with van der Waals surface area (Å²) in [5.41, 5.74) is 0.939. The van der Waals surface area contributed by atoms with Gasteiger partial charge in [-0.25, -0.2) is 0 Å². The zero-order chi connectivity index (χ0) is 17.9. The van der Waals surface area contributed by atoms with Crippen LogP contribution in [0.2, 0.25) is 0 Å². The third-order valence-electron chi connectivity index (χ3n) is 3.60. The van der Waals surface area contributed by atoms with Gasteiger partial charge in [0.2, 0.25) is 5.43 Å². The predicted molar refractivity (Wildman–Crippen MR) is 102 cm³/mol. The highest BCUT2D eigenvalue weighted by atomic mass is 32.2. The third-order valence-corrected chi connectivity index (χ3v) is 4.70. The van der Waals surface area contributed by atoms with E-state index in [9.17, 15) is 10.1 Å². The van der Waals surface area contributed by atoms with Crippen LogP contribution >= 0.6 is 11.8 Å². The number of pyridine rings is 1. The van der Waals surface area contributed by atoms with Crippen molar-refractivity contribution >= 4 is 22.7 Å². The van der Waals surface area contributed by atoms with Crippen LogP contribution in [-0.4, -0.2) is 34.9 Å². The number of fused-ring (bicyclic) bond motifs is 1. The highest BCUT2D eigenvalue weighted by Crippen LogP contribution is 2.33. The molecular weight excluding hydrogens is 318 g/mol. The number of hydrogen-bond donors (Lipinski definition) is 0. The summed E-state index contributed by atoms with van der Waals surface area (Å²) in [5.74, 6) is 0. The fourth-order valence-electron chi connectivity index (χ4n) is 2.62. The summed E-state index contributed by atoms with van der Waals surface area (Å²) >= 11 is 1.73. The van der Waals surface area contributed by atoms with E-state index in [1.807, 2.05) is 36.9 Å². The van der Waals surface area contributed by atoms with Crippen molar-refractivity contribution in [1.82, 2.24) is 9.47 Å². The summed E-state index contributed by atoms with van der Waals surface area (Å²) in [6, 6.07) is 8.03. The lowest BCUT2D eigenvalue weighted by Gasteiger charge is -2.18. The Morgan fingerprint density at radius 2 is 2.00 bits per heavy atom. The van der Waals surface area contributed by atoms with E-state index in [0.29, 0.717) is 5.39 Å². The second-order valence-corrected chi connectivity index (χ2v) is 9.13. The molecule has 0 saturated carbocycles. The molecule has 0 atom stereocenters. The first-order valence-electron chi connectivity index (χ1n) is 8.12. The van der Waals surface area contributed by atoms with Crippen LogP contribution in [0.15, 0.2) is 34.1 Å². The van der Waals surface area contributed by atoms with E-state index in [0.717, 1.165) is 29.9 Å². The summed E-state index contributed by atoms with van der Waals surface area (Å²) in [5, 5.41) is 9.93. The van der Waals surface area contributed by atoms with Crippen molar-refractivity contribution in [3.05, 3.63) is 40.2 Å². The van der Waals surface area contributed by atoms with E-state index in [2.05, 4.69) is 31.7 Å². The molecule has 128 valence electrons. The second-order valence-electron chi connectivity index (χ2n) is 7.23. The van der Waals surface area contributed by atoms with Gasteiger partial charge in [0, 0.05) is 27.8 Å². The van der Waals surface area contributed by atoms with Gasteiger partial charge in [-0.2, -0.15) is 5.26 Å². The van der Waals surface area contributed by atoms with Crippen molar-refractivity contribution in [2.45, 2.75) is 43.4 Å². The Kier molecular flexibility index (Phi) is 5.74. The molecule has 0 bridgehead atoms. The molecule has 2 rings (SSSR count). The summed E-state index contributed by atoms with van der Waals surface area (Å²) in [6.45, 7) is 8.19. The van der Waals surface area contributed by atoms with Crippen LogP contribution in [0.3, 0.4) is 0 Å². The number of aromatic nitrogens is 1. The van der Waals surface area contributed by atoms with Crippen molar-refractivity contribution in [1.29, 1.82) is 5.26 Å². The summed E-state index contributed by atoms with van der Waals surface area (Å²) in [6.07, 6.45) is 2.66. The maximum absolute atomic E-state index is 12.6. The van der Waals surface area contributed by atoms with E-state index >= 15 is 0 Å². The number of thioether (sulfide) groups is 1. The van der Waals surface area contributed by atoms with Gasteiger partial charge in [0.25, 0.3) is 0 Å². The first-order valence-corrected chi connectivity index (χ1v) is 8.94. The van der Waals surface area contributed by atoms with Gasteiger partial charge in [0.15, 0.2) is 0 Å². The Balaban J connectivity index is 2.49. The lowest BCUT2D eigenvalue weighted by Crippen LogP contribution is -2.17. The van der Waals surface area contributed by atoms with E-state index < -0.39 is 0 Å². The van der Waals surface area contributed by atoms with Crippen LogP contribution in [0.5, 0.6) is 0 Å². The number of benzene rings is 1. The molecule has 0 N–H and O–H groups in total. The standard InChI is InChI=1S/C19H25N3OS/c1-19(2,3)24-15-7-8-17-16(11-15)18(23)14(12-20)13-22(17)10-6-9-21(4)5/h7-8,11,13H,6,9-10H2,1-5H3. The minimum atomic E-state index is -0.173. The van der Waals surface area contributed by atoms with Crippen LogP contribution in [0.25, 0.3) is 10.9 Å². The van der Waals surface area contributed by atoms with Crippen LogP contribution in [0.1, 0.15) is 32.8 Å². The Hall–Kier alpha value is -1.77. The molecular formula is C19H25N3OS. The van der Waals surface area contributed by atoms with Gasteiger partial charge in [-0.15, -0.1) is 11.8 Å². The second kappa shape index (κ2) is 7.42. The summed E-state index contributed by atoms with van der Waals surface area (Å²) in [7, 11) is 4.08. The van der Waals surface area contributed by atoms with Crippen molar-refractivity contribution in [3.63, 3.8) is 0 Å². The first kappa shape index (κ1) is 18.6. The fraction of sp³-hybridized carbons (Fsp3) is 0.474. The molecule has 0 aliphatic rings. The van der Waals surface area contributed by atoms with Crippen molar-refractivity contribution in [2.75, 3.05) is 20.6 Å². The molecule has 5 heteroatoms. The SMILES string of the molecule is CN(C)CCCn1cc(C#N)c(=O)c2cc(SC(C)(C)C)ccc21. The minimum absolute atomic E-state index is 0.0746. The first-order chi connectivity index (χ1) is 11.2. The largest absolute Gasteiger partial charge is 0.346 e. The maximum Gasteiger partial charge on any atom is 0.207 e. The number of rotatable bonds is 5. The van der Waals surface area contributed by atoms with E-state index in [1.165, 1.54) is 0 Å². The summed E-state index contributed by atoms with van der Waals surface area (Å²) in [4.78, 5) is 15.7. The number of nitriles is 1. The smallest absolute Gasteiger partial charge is 0.207 e. The minimum Gasteiger partial charge on any atom is -0.346 e. The molecule has 1 heterocycles. The zero-order valence-corrected chi connectivity index (χ0v) is 15.9. The van der Waals surface area contributed by atoms with Gasteiger partial charge in [-0.1, -0.05) is 20.8 Å². The Morgan fingerprint density at radius 3 is 2.58 bits per heavy atom. The highest BCUT2D eigenvalue weighted by molar-refractivity contribution is 8.00. The van der Waals surface area contributed by atoms with Gasteiger partial charge < -0.3 is 9.47 Å². The van der Waals surface area contributed by atoms with Crippen LogP contribution in [0, 0.1) is 11.3 Å². The molecule has 1 aromatic heterocycles. The van der Waals surface area contributed by atoms with E-state index in [4.69, 9.17) is 0 Å². The molecule has 0 unspecified atom stereocenters. The van der Waals surface area contributed by atoms with Crippen LogP contribution in [-0.2, 0) is 6.54 Å². The molecule has 0 amide bonds. The molecule has 0 spiro atoms. The molecule has 0 aliphatic carbocycles. The van der Waals surface area contributed by atoms with Crippen LogP contribution in [0.4, 0.5) is 0 Å². The molecule has 0 aliphatic heterocycles. The van der Waals surface area contributed by atoms with E-state index in [-0.39, 0.29) is 15.7 Å². The van der Waals surface area contributed by atoms with Crippen molar-refractivity contribution in [3.8, 4) is 6.07 Å². The normalized spacial score (nSPS) is 11.9. The van der Waals surface area contributed by atoms with Gasteiger partial charge in [-0.3, -0.25) is 4.79 Å². The predicted octanol–water partition coefficient (Wildman–Crippen LogP) is 3.72. The number of aryl methyl sites for hydroxylation is 1. The molecule has 4 nitrogen and oxygen atoms in total. The molecule has 1 aromatic carbocycles. The number of nitrogens with zero attached hydrogens (tertiary/aromatic N) is 3. The zero-order valence-electron chi connectivity index (χ0n) is 15.1. The number of hydrogen-bond acceptors (Lipinski definition) is 4. The van der Waals surface area contributed by atoms with Crippen molar-refractivity contribution < 1.29 is 0 Å². The average Bonchev–Trinajstić information content (AvgIpc) is 2.47. The highest BCUT2D eigenvalue weighted by Gasteiger charge is 2.14. The van der Waals surface area contributed by atoms with E-state index in [1.54, 1.807) is 18.0 Å². The Morgan fingerprint density at radius 1 is 1.29 bits per heavy atom. The van der Waals surface area contributed by atoms with Gasteiger partial charge in [0.05, 0.1) is 5.52 Å². The Bertz CT molecular complexity index is 825. The maximum atomic E-state index is 12.6. The monoisotopic (exact) mass is 343 g/mol. The van der Waals surface area contributed by atoms with Crippen LogP contribution < -0.4 is 5.43 Å². The van der Waals surface area contributed by atoms with Crippen molar-refractivity contribution in [2.24, 2.45) is 0 Å². The summed E-state index contributed by atoms with van der Waals surface area (Å²) < 4.78 is 2.11. The van der Waals surface area contributed by atoms with Gasteiger partial charge >= 0.3 is 0 Å². The molecule has 0 radical (unpaired) electrons. The quantitative estimate of drug-likeness (QED) is 0.777. The molecule has 0 fully saturated rings.